The first-order chi connectivity index (χ1) is 17.8. The minimum absolute atomic E-state index is 0.00142. The van der Waals surface area contributed by atoms with Crippen molar-refractivity contribution in [3.63, 3.8) is 0 Å². The highest BCUT2D eigenvalue weighted by atomic mass is 32.1. The number of carbonyl (C=O) groups excluding carboxylic acids is 1. The SMILES string of the molecule is Cc1cc(N2C(=S)N[C@@H](c3ccccn3)[C@H]2c2ccc(C)n2-c2ccccc2)ccc1NC(=O)C(C)C. The van der Waals surface area contributed by atoms with Crippen LogP contribution in [0.1, 0.15) is 48.6 Å². The summed E-state index contributed by atoms with van der Waals surface area (Å²) < 4.78 is 2.29. The minimum Gasteiger partial charge on any atom is -0.351 e. The molecule has 0 saturated carbocycles. The molecule has 0 bridgehead atoms. The van der Waals surface area contributed by atoms with E-state index in [-0.39, 0.29) is 23.9 Å². The molecule has 2 atom stereocenters. The number of benzene rings is 2. The summed E-state index contributed by atoms with van der Waals surface area (Å²) in [5.74, 6) is -0.0922. The van der Waals surface area contributed by atoms with Crippen LogP contribution in [0.15, 0.2) is 85.1 Å². The molecular formula is C30H31N5OS. The molecule has 0 radical (unpaired) electrons. The molecule has 4 aromatic rings. The van der Waals surface area contributed by atoms with E-state index in [4.69, 9.17) is 12.2 Å². The predicted octanol–water partition coefficient (Wildman–Crippen LogP) is 6.26. The van der Waals surface area contributed by atoms with Crippen molar-refractivity contribution in [3.8, 4) is 5.69 Å². The molecule has 1 aliphatic rings. The first kappa shape index (κ1) is 24.7. The maximum Gasteiger partial charge on any atom is 0.226 e. The van der Waals surface area contributed by atoms with Gasteiger partial charge in [0, 0.05) is 40.6 Å². The zero-order valence-corrected chi connectivity index (χ0v) is 22.3. The maximum atomic E-state index is 12.3. The highest BCUT2D eigenvalue weighted by Crippen LogP contribution is 2.43. The van der Waals surface area contributed by atoms with E-state index >= 15 is 0 Å². The van der Waals surface area contributed by atoms with Gasteiger partial charge in [0.05, 0.1) is 11.7 Å². The lowest BCUT2D eigenvalue weighted by molar-refractivity contribution is -0.118. The second-order valence-corrected chi connectivity index (χ2v) is 10.1. The molecule has 2 aromatic heterocycles. The third-order valence-corrected chi connectivity index (χ3v) is 7.11. The van der Waals surface area contributed by atoms with E-state index in [0.717, 1.165) is 39.7 Å². The maximum absolute atomic E-state index is 12.3. The van der Waals surface area contributed by atoms with Crippen LogP contribution in [-0.4, -0.2) is 20.6 Å². The molecule has 0 unspecified atom stereocenters. The number of amides is 1. The number of thiocarbonyl (C=S) groups is 1. The second-order valence-electron chi connectivity index (χ2n) is 9.71. The van der Waals surface area contributed by atoms with Crippen LogP contribution in [0, 0.1) is 19.8 Å². The van der Waals surface area contributed by atoms with E-state index in [1.165, 1.54) is 0 Å². The fraction of sp³-hybridized carbons (Fsp3) is 0.233. The predicted molar refractivity (Wildman–Crippen MR) is 153 cm³/mol. The Labute approximate surface area is 223 Å². The number of rotatable bonds is 6. The van der Waals surface area contributed by atoms with Gasteiger partial charge < -0.3 is 20.1 Å². The molecule has 5 rings (SSSR count). The molecule has 1 aliphatic heterocycles. The number of nitrogens with one attached hydrogen (secondary N) is 2. The summed E-state index contributed by atoms with van der Waals surface area (Å²) in [5.41, 5.74) is 7.02. The Morgan fingerprint density at radius 3 is 2.41 bits per heavy atom. The average Bonchev–Trinajstić information content (AvgIpc) is 3.45. The third-order valence-electron chi connectivity index (χ3n) is 6.79. The van der Waals surface area contributed by atoms with Crippen LogP contribution in [0.2, 0.25) is 0 Å². The molecule has 7 heteroatoms. The lowest BCUT2D eigenvalue weighted by Gasteiger charge is -2.30. The number of pyridine rings is 1. The number of aryl methyl sites for hydroxylation is 2. The van der Waals surface area contributed by atoms with Gasteiger partial charge in [-0.2, -0.15) is 0 Å². The lowest BCUT2D eigenvalue weighted by Crippen LogP contribution is -2.30. The standard InChI is InChI=1S/C30H31N5OS/c1-19(2)29(36)32-24-15-14-23(18-20(24)3)35-28(27(33-30(35)37)25-12-8-9-17-31-25)26-16-13-21(4)34(26)22-10-6-5-7-11-22/h5-19,27-28H,1-4H3,(H,32,36)(H,33,37)/t27-,28+/m0/s1. The van der Waals surface area contributed by atoms with Gasteiger partial charge in [-0.3, -0.25) is 9.78 Å². The van der Waals surface area contributed by atoms with Crippen molar-refractivity contribution in [2.24, 2.45) is 5.92 Å². The van der Waals surface area contributed by atoms with Gasteiger partial charge in [-0.25, -0.2) is 0 Å². The first-order valence-corrected chi connectivity index (χ1v) is 12.9. The van der Waals surface area contributed by atoms with E-state index in [0.29, 0.717) is 5.11 Å². The fourth-order valence-corrected chi connectivity index (χ4v) is 5.21. The van der Waals surface area contributed by atoms with Crippen molar-refractivity contribution in [1.29, 1.82) is 0 Å². The summed E-state index contributed by atoms with van der Waals surface area (Å²) in [4.78, 5) is 19.2. The zero-order valence-electron chi connectivity index (χ0n) is 21.5. The Balaban J connectivity index is 1.62. The minimum atomic E-state index is -0.147. The number of para-hydroxylation sites is 1. The Morgan fingerprint density at radius 2 is 1.73 bits per heavy atom. The second kappa shape index (κ2) is 10.2. The molecule has 0 aliphatic carbocycles. The molecule has 1 amide bonds. The smallest absolute Gasteiger partial charge is 0.226 e. The molecule has 37 heavy (non-hydrogen) atoms. The molecule has 0 spiro atoms. The Bertz CT molecular complexity index is 1430. The molecule has 2 aromatic carbocycles. The Morgan fingerprint density at radius 1 is 0.973 bits per heavy atom. The molecule has 1 saturated heterocycles. The summed E-state index contributed by atoms with van der Waals surface area (Å²) in [6, 6.07) is 26.4. The molecule has 6 nitrogen and oxygen atoms in total. The van der Waals surface area contributed by atoms with Gasteiger partial charge in [-0.1, -0.05) is 38.1 Å². The molecule has 188 valence electrons. The monoisotopic (exact) mass is 509 g/mol. The summed E-state index contributed by atoms with van der Waals surface area (Å²) >= 11 is 5.93. The summed E-state index contributed by atoms with van der Waals surface area (Å²) in [7, 11) is 0. The van der Waals surface area contributed by atoms with E-state index in [9.17, 15) is 4.79 Å². The van der Waals surface area contributed by atoms with Crippen molar-refractivity contribution in [2.75, 3.05) is 10.2 Å². The first-order valence-electron chi connectivity index (χ1n) is 12.5. The van der Waals surface area contributed by atoms with Crippen LogP contribution < -0.4 is 15.5 Å². The number of hydrogen-bond donors (Lipinski definition) is 2. The summed E-state index contributed by atoms with van der Waals surface area (Å²) in [5, 5.41) is 7.21. The van der Waals surface area contributed by atoms with E-state index in [2.05, 4.69) is 74.5 Å². The molecule has 3 heterocycles. The highest BCUT2D eigenvalue weighted by Gasteiger charge is 2.42. The van der Waals surface area contributed by atoms with E-state index < -0.39 is 0 Å². The fourth-order valence-electron chi connectivity index (χ4n) is 4.87. The summed E-state index contributed by atoms with van der Waals surface area (Å²) in [6.07, 6.45) is 1.82. The molecular weight excluding hydrogens is 478 g/mol. The molecule has 2 N–H and O–H groups in total. The van der Waals surface area contributed by atoms with Gasteiger partial charge in [-0.05, 0) is 86.2 Å². The van der Waals surface area contributed by atoms with Crippen molar-refractivity contribution in [1.82, 2.24) is 14.9 Å². The van der Waals surface area contributed by atoms with Gasteiger partial charge in [0.15, 0.2) is 5.11 Å². The number of nitrogens with zero attached hydrogens (tertiary/aromatic N) is 3. The molecule has 1 fully saturated rings. The van der Waals surface area contributed by atoms with Crippen LogP contribution in [0.3, 0.4) is 0 Å². The number of anilines is 2. The average molecular weight is 510 g/mol. The number of carbonyl (C=O) groups is 1. The third kappa shape index (κ3) is 4.74. The van der Waals surface area contributed by atoms with Crippen LogP contribution in [0.4, 0.5) is 11.4 Å². The van der Waals surface area contributed by atoms with Crippen LogP contribution in [0.5, 0.6) is 0 Å². The van der Waals surface area contributed by atoms with Crippen LogP contribution in [-0.2, 0) is 4.79 Å². The summed E-state index contributed by atoms with van der Waals surface area (Å²) in [6.45, 7) is 7.90. The van der Waals surface area contributed by atoms with Crippen molar-refractivity contribution in [3.05, 3.63) is 108 Å². The van der Waals surface area contributed by atoms with Gasteiger partial charge in [0.1, 0.15) is 6.04 Å². The lowest BCUT2D eigenvalue weighted by atomic mass is 10.00. The quantitative estimate of drug-likeness (QED) is 0.300. The van der Waals surface area contributed by atoms with Crippen molar-refractivity contribution >= 4 is 34.6 Å². The topological polar surface area (TPSA) is 62.2 Å². The van der Waals surface area contributed by atoms with E-state index in [1.54, 1.807) is 0 Å². The van der Waals surface area contributed by atoms with Crippen molar-refractivity contribution < 1.29 is 4.79 Å². The zero-order chi connectivity index (χ0) is 26.1. The normalized spacial score (nSPS) is 17.2. The number of aromatic nitrogens is 2. The van der Waals surface area contributed by atoms with Gasteiger partial charge in [0.25, 0.3) is 0 Å². The van der Waals surface area contributed by atoms with Crippen molar-refractivity contribution in [2.45, 2.75) is 39.8 Å². The van der Waals surface area contributed by atoms with E-state index in [1.807, 2.05) is 63.4 Å². The largest absolute Gasteiger partial charge is 0.351 e. The van der Waals surface area contributed by atoms with Crippen LogP contribution in [0.25, 0.3) is 5.69 Å². The Kier molecular flexibility index (Phi) is 6.80. The number of hydrogen-bond acceptors (Lipinski definition) is 3. The highest BCUT2D eigenvalue weighted by molar-refractivity contribution is 7.80. The Hall–Kier alpha value is -3.97. The van der Waals surface area contributed by atoms with Crippen LogP contribution >= 0.6 is 12.2 Å². The van der Waals surface area contributed by atoms with Gasteiger partial charge in [0.2, 0.25) is 5.91 Å². The van der Waals surface area contributed by atoms with Gasteiger partial charge in [-0.15, -0.1) is 0 Å². The van der Waals surface area contributed by atoms with Gasteiger partial charge >= 0.3 is 0 Å².